The topological polar surface area (TPSA) is 56.1 Å². The van der Waals surface area contributed by atoms with Crippen molar-refractivity contribution in [1.82, 2.24) is 5.32 Å². The number of carbonyl (C=O) groups is 1. The highest BCUT2D eigenvalue weighted by Gasteiger charge is 2.33. The molecule has 1 heterocycles. The molecule has 1 N–H and O–H groups in total. The summed E-state index contributed by atoms with van der Waals surface area (Å²) < 4.78 is 0. The van der Waals surface area contributed by atoms with Crippen LogP contribution in [0, 0.1) is 11.3 Å². The zero-order valence-corrected chi connectivity index (χ0v) is 10.7. The lowest BCUT2D eigenvalue weighted by Gasteiger charge is -2.37. The van der Waals surface area contributed by atoms with Crippen LogP contribution in [0.4, 0.5) is 5.69 Å². The van der Waals surface area contributed by atoms with Crippen LogP contribution in [-0.2, 0) is 4.79 Å². The van der Waals surface area contributed by atoms with E-state index in [0.29, 0.717) is 12.1 Å². The second-order valence-electron chi connectivity index (χ2n) is 5.13. The number of nitrogens with zero attached hydrogens (tertiary/aromatic N) is 2. The summed E-state index contributed by atoms with van der Waals surface area (Å²) in [4.78, 5) is 14.0. The molecule has 4 nitrogen and oxygen atoms in total. The maximum atomic E-state index is 12.2. The lowest BCUT2D eigenvalue weighted by molar-refractivity contribution is -0.118. The van der Waals surface area contributed by atoms with Crippen LogP contribution >= 0.6 is 0 Å². The number of hydrogen-bond donors (Lipinski definition) is 1. The minimum atomic E-state index is -0.241. The SMILES string of the molecule is CC1(C)CCNCC(=O)N1c1cccc(C#N)c1. The van der Waals surface area contributed by atoms with Gasteiger partial charge in [-0.3, -0.25) is 4.79 Å². The van der Waals surface area contributed by atoms with Crippen molar-refractivity contribution in [3.05, 3.63) is 29.8 Å². The van der Waals surface area contributed by atoms with E-state index in [1.807, 2.05) is 12.1 Å². The van der Waals surface area contributed by atoms with E-state index in [4.69, 9.17) is 5.26 Å². The third kappa shape index (κ3) is 2.36. The van der Waals surface area contributed by atoms with Crippen molar-refractivity contribution >= 4 is 11.6 Å². The first-order chi connectivity index (χ1) is 8.54. The Morgan fingerprint density at radius 1 is 1.44 bits per heavy atom. The third-order valence-electron chi connectivity index (χ3n) is 3.28. The van der Waals surface area contributed by atoms with Gasteiger partial charge in [0.1, 0.15) is 0 Å². The van der Waals surface area contributed by atoms with Gasteiger partial charge in [0.25, 0.3) is 0 Å². The molecule has 1 amide bonds. The van der Waals surface area contributed by atoms with E-state index < -0.39 is 0 Å². The number of carbonyl (C=O) groups excluding carboxylic acids is 1. The summed E-state index contributed by atoms with van der Waals surface area (Å²) in [5, 5.41) is 12.1. The minimum Gasteiger partial charge on any atom is -0.308 e. The third-order valence-corrected chi connectivity index (χ3v) is 3.28. The molecule has 94 valence electrons. The molecule has 18 heavy (non-hydrogen) atoms. The van der Waals surface area contributed by atoms with Crippen molar-refractivity contribution in [3.63, 3.8) is 0 Å². The van der Waals surface area contributed by atoms with Crippen LogP contribution in [0.3, 0.4) is 0 Å². The molecule has 1 saturated heterocycles. The van der Waals surface area contributed by atoms with Crippen molar-refractivity contribution in [1.29, 1.82) is 5.26 Å². The number of rotatable bonds is 1. The Labute approximate surface area is 107 Å². The van der Waals surface area contributed by atoms with Crippen LogP contribution in [-0.4, -0.2) is 24.5 Å². The summed E-state index contributed by atoms with van der Waals surface area (Å²) in [5.74, 6) is 0.0487. The summed E-state index contributed by atoms with van der Waals surface area (Å²) >= 11 is 0. The minimum absolute atomic E-state index is 0.0487. The van der Waals surface area contributed by atoms with Crippen LogP contribution in [0.2, 0.25) is 0 Å². The van der Waals surface area contributed by atoms with Crippen LogP contribution in [0.5, 0.6) is 0 Å². The zero-order valence-electron chi connectivity index (χ0n) is 10.7. The largest absolute Gasteiger partial charge is 0.308 e. The van der Waals surface area contributed by atoms with Crippen LogP contribution in [0.1, 0.15) is 25.8 Å². The standard InChI is InChI=1S/C14H17N3O/c1-14(2)6-7-16-10-13(18)17(14)12-5-3-4-11(8-12)9-15/h3-5,8,16H,6-7,10H2,1-2H3. The predicted octanol–water partition coefficient (Wildman–Crippen LogP) is 1.66. The van der Waals surface area contributed by atoms with Crippen molar-refractivity contribution in [2.75, 3.05) is 18.0 Å². The molecule has 1 aliphatic heterocycles. The molecule has 0 aliphatic carbocycles. The molecule has 0 aromatic heterocycles. The molecule has 4 heteroatoms. The molecule has 0 radical (unpaired) electrons. The monoisotopic (exact) mass is 243 g/mol. The van der Waals surface area contributed by atoms with Gasteiger partial charge >= 0.3 is 0 Å². The molecule has 0 atom stereocenters. The van der Waals surface area contributed by atoms with Crippen LogP contribution in [0.25, 0.3) is 0 Å². The first-order valence-corrected chi connectivity index (χ1v) is 6.08. The Bertz CT molecular complexity index is 502. The number of anilines is 1. The van der Waals surface area contributed by atoms with Gasteiger partial charge in [-0.2, -0.15) is 5.26 Å². The smallest absolute Gasteiger partial charge is 0.241 e. The molecule has 2 rings (SSSR count). The predicted molar refractivity (Wildman–Crippen MR) is 70.2 cm³/mol. The number of hydrogen-bond acceptors (Lipinski definition) is 3. The van der Waals surface area contributed by atoms with Gasteiger partial charge in [-0.15, -0.1) is 0 Å². The summed E-state index contributed by atoms with van der Waals surface area (Å²) in [7, 11) is 0. The first-order valence-electron chi connectivity index (χ1n) is 6.08. The Kier molecular flexibility index (Phi) is 3.35. The number of nitrogens with one attached hydrogen (secondary N) is 1. The number of nitriles is 1. The molecule has 0 unspecified atom stereocenters. The average molecular weight is 243 g/mol. The van der Waals surface area contributed by atoms with E-state index in [1.165, 1.54) is 0 Å². The van der Waals surface area contributed by atoms with Crippen LogP contribution in [0.15, 0.2) is 24.3 Å². The van der Waals surface area contributed by atoms with E-state index in [2.05, 4.69) is 25.2 Å². The molecule has 1 aromatic carbocycles. The molecule has 1 fully saturated rings. The molecule has 1 aliphatic rings. The lowest BCUT2D eigenvalue weighted by atomic mass is 9.97. The summed E-state index contributed by atoms with van der Waals surface area (Å²) in [6.07, 6.45) is 0.884. The molecule has 0 saturated carbocycles. The Balaban J connectivity index is 2.44. The van der Waals surface area contributed by atoms with Gasteiger partial charge in [0, 0.05) is 11.2 Å². The Morgan fingerprint density at radius 2 is 2.22 bits per heavy atom. The average Bonchev–Trinajstić information content (AvgIpc) is 2.47. The molecular weight excluding hydrogens is 226 g/mol. The summed E-state index contributed by atoms with van der Waals surface area (Å²) in [6, 6.07) is 9.32. The van der Waals surface area contributed by atoms with E-state index in [9.17, 15) is 4.79 Å². The maximum Gasteiger partial charge on any atom is 0.241 e. The lowest BCUT2D eigenvalue weighted by Crippen LogP contribution is -2.48. The zero-order chi connectivity index (χ0) is 13.2. The van der Waals surface area contributed by atoms with Gasteiger partial charge in [0.2, 0.25) is 5.91 Å². The van der Waals surface area contributed by atoms with Gasteiger partial charge in [-0.05, 0) is 45.0 Å². The number of benzene rings is 1. The summed E-state index contributed by atoms with van der Waals surface area (Å²) in [6.45, 7) is 5.28. The molecule has 1 aromatic rings. The van der Waals surface area contributed by atoms with Crippen molar-refractivity contribution < 1.29 is 4.79 Å². The van der Waals surface area contributed by atoms with Gasteiger partial charge in [0.15, 0.2) is 0 Å². The Morgan fingerprint density at radius 3 is 2.94 bits per heavy atom. The highest BCUT2D eigenvalue weighted by Crippen LogP contribution is 2.28. The van der Waals surface area contributed by atoms with E-state index in [-0.39, 0.29) is 11.4 Å². The number of amides is 1. The normalized spacial score (nSPS) is 19.2. The van der Waals surface area contributed by atoms with E-state index in [0.717, 1.165) is 18.7 Å². The van der Waals surface area contributed by atoms with Gasteiger partial charge < -0.3 is 10.2 Å². The highest BCUT2D eigenvalue weighted by molar-refractivity contribution is 5.96. The maximum absolute atomic E-state index is 12.2. The van der Waals surface area contributed by atoms with Gasteiger partial charge in [0.05, 0.1) is 18.2 Å². The fourth-order valence-electron chi connectivity index (χ4n) is 2.33. The summed E-state index contributed by atoms with van der Waals surface area (Å²) in [5.41, 5.74) is 1.13. The highest BCUT2D eigenvalue weighted by atomic mass is 16.2. The van der Waals surface area contributed by atoms with E-state index >= 15 is 0 Å². The van der Waals surface area contributed by atoms with E-state index in [1.54, 1.807) is 17.0 Å². The molecule has 0 spiro atoms. The van der Waals surface area contributed by atoms with Crippen LogP contribution < -0.4 is 10.2 Å². The molecule has 0 bridgehead atoms. The van der Waals surface area contributed by atoms with Crippen molar-refractivity contribution in [2.45, 2.75) is 25.8 Å². The second-order valence-corrected chi connectivity index (χ2v) is 5.13. The van der Waals surface area contributed by atoms with Gasteiger partial charge in [-0.1, -0.05) is 6.07 Å². The quantitative estimate of drug-likeness (QED) is 0.816. The molecular formula is C14H17N3O. The fourth-order valence-corrected chi connectivity index (χ4v) is 2.33. The van der Waals surface area contributed by atoms with Gasteiger partial charge in [-0.25, -0.2) is 0 Å². The fraction of sp³-hybridized carbons (Fsp3) is 0.429. The van der Waals surface area contributed by atoms with Crippen molar-refractivity contribution in [2.24, 2.45) is 0 Å². The first kappa shape index (κ1) is 12.6. The second kappa shape index (κ2) is 4.79. The Hall–Kier alpha value is -1.86. The van der Waals surface area contributed by atoms with Crippen molar-refractivity contribution in [3.8, 4) is 6.07 Å².